The molecule has 0 spiro atoms. The van der Waals surface area contributed by atoms with Gasteiger partial charge in [0.05, 0.1) is 10.6 Å². The smallest absolute Gasteiger partial charge is 0.263 e. The predicted molar refractivity (Wildman–Crippen MR) is 87.7 cm³/mol. The van der Waals surface area contributed by atoms with Crippen LogP contribution in [0.1, 0.15) is 29.5 Å². The molecule has 0 saturated carbocycles. The number of benzene rings is 2. The van der Waals surface area contributed by atoms with Gasteiger partial charge in [-0.1, -0.05) is 18.2 Å². The first-order valence-electron chi connectivity index (χ1n) is 7.99. The number of aryl methyl sites for hydroxylation is 3. The largest absolute Gasteiger partial charge is 0.264 e. The number of anilines is 1. The lowest BCUT2D eigenvalue weighted by atomic mass is 10.0. The van der Waals surface area contributed by atoms with Gasteiger partial charge < -0.3 is 0 Å². The molecule has 0 fully saturated rings. The van der Waals surface area contributed by atoms with E-state index in [-0.39, 0.29) is 10.6 Å². The summed E-state index contributed by atoms with van der Waals surface area (Å²) in [6, 6.07) is 10.1. The Balaban J connectivity index is 1.82. The summed E-state index contributed by atoms with van der Waals surface area (Å²) < 4.78 is 41.7. The number of hydrogen-bond acceptors (Lipinski definition) is 2. The number of halogens is 1. The summed E-state index contributed by atoms with van der Waals surface area (Å²) in [5.41, 5.74) is 3.33. The fourth-order valence-electron chi connectivity index (χ4n) is 3.64. The van der Waals surface area contributed by atoms with Gasteiger partial charge >= 0.3 is 0 Å². The highest BCUT2D eigenvalue weighted by Gasteiger charge is 2.31. The lowest BCUT2D eigenvalue weighted by Crippen LogP contribution is -2.36. The molecule has 120 valence electrons. The zero-order valence-corrected chi connectivity index (χ0v) is 13.6. The lowest BCUT2D eigenvalue weighted by Gasteiger charge is -2.30. The van der Waals surface area contributed by atoms with Crippen molar-refractivity contribution < 1.29 is 12.8 Å². The third kappa shape index (κ3) is 2.34. The molecule has 2 aromatic rings. The molecule has 4 rings (SSSR count). The zero-order chi connectivity index (χ0) is 16.0. The van der Waals surface area contributed by atoms with Crippen molar-refractivity contribution in [3.05, 3.63) is 58.9 Å². The van der Waals surface area contributed by atoms with Crippen molar-refractivity contribution in [3.8, 4) is 0 Å². The van der Waals surface area contributed by atoms with Crippen LogP contribution in [0.3, 0.4) is 0 Å². The summed E-state index contributed by atoms with van der Waals surface area (Å²) in [6.07, 6.45) is 4.42. The third-order valence-electron chi connectivity index (χ3n) is 4.79. The van der Waals surface area contributed by atoms with E-state index in [9.17, 15) is 12.8 Å². The highest BCUT2D eigenvalue weighted by atomic mass is 32.2. The van der Waals surface area contributed by atoms with Crippen LogP contribution in [-0.4, -0.2) is 15.0 Å². The van der Waals surface area contributed by atoms with Gasteiger partial charge in [0.1, 0.15) is 5.82 Å². The van der Waals surface area contributed by atoms with Crippen molar-refractivity contribution >= 4 is 15.7 Å². The van der Waals surface area contributed by atoms with Crippen molar-refractivity contribution in [2.45, 2.75) is 37.0 Å². The van der Waals surface area contributed by atoms with E-state index in [0.29, 0.717) is 19.4 Å². The fraction of sp³-hybridized carbons (Fsp3) is 0.333. The maximum atomic E-state index is 14.3. The number of nitrogens with zero attached hydrogens (tertiary/aromatic N) is 1. The monoisotopic (exact) mass is 331 g/mol. The average Bonchev–Trinajstić information content (AvgIpc) is 3.02. The molecule has 0 radical (unpaired) electrons. The fourth-order valence-corrected chi connectivity index (χ4v) is 5.24. The zero-order valence-electron chi connectivity index (χ0n) is 12.8. The molecule has 0 atom stereocenters. The maximum Gasteiger partial charge on any atom is 0.264 e. The topological polar surface area (TPSA) is 37.4 Å². The van der Waals surface area contributed by atoms with E-state index in [2.05, 4.69) is 0 Å². The molecule has 3 nitrogen and oxygen atoms in total. The molecule has 5 heteroatoms. The second-order valence-electron chi connectivity index (χ2n) is 6.21. The Labute approximate surface area is 135 Å². The summed E-state index contributed by atoms with van der Waals surface area (Å²) in [5, 5.41) is 0. The van der Waals surface area contributed by atoms with E-state index in [1.165, 1.54) is 15.9 Å². The van der Waals surface area contributed by atoms with Gasteiger partial charge in [-0.05, 0) is 67.0 Å². The normalized spacial score (nSPS) is 17.0. The molecule has 0 amide bonds. The van der Waals surface area contributed by atoms with Crippen LogP contribution in [0.15, 0.2) is 41.3 Å². The first kappa shape index (κ1) is 14.7. The first-order chi connectivity index (χ1) is 11.1. The van der Waals surface area contributed by atoms with Crippen LogP contribution in [0.2, 0.25) is 0 Å². The van der Waals surface area contributed by atoms with Gasteiger partial charge in [0.25, 0.3) is 10.0 Å². The van der Waals surface area contributed by atoms with Crippen LogP contribution >= 0.6 is 0 Å². The third-order valence-corrected chi connectivity index (χ3v) is 6.58. The van der Waals surface area contributed by atoms with E-state index >= 15 is 0 Å². The van der Waals surface area contributed by atoms with E-state index in [1.54, 1.807) is 18.2 Å². The van der Waals surface area contributed by atoms with Crippen LogP contribution in [0.25, 0.3) is 0 Å². The molecule has 2 aliphatic rings. The molecule has 1 aliphatic heterocycles. The minimum Gasteiger partial charge on any atom is -0.263 e. The van der Waals surface area contributed by atoms with Crippen LogP contribution in [0.4, 0.5) is 10.1 Å². The molecule has 0 N–H and O–H groups in total. The van der Waals surface area contributed by atoms with Crippen molar-refractivity contribution in [1.29, 1.82) is 0 Å². The van der Waals surface area contributed by atoms with Crippen molar-refractivity contribution in [2.75, 3.05) is 10.8 Å². The minimum atomic E-state index is -3.73. The Morgan fingerprint density at radius 1 is 0.913 bits per heavy atom. The number of fused-ring (bicyclic) bond motifs is 2. The van der Waals surface area contributed by atoms with Crippen molar-refractivity contribution in [2.24, 2.45) is 0 Å². The molecule has 2 aromatic carbocycles. The average molecular weight is 331 g/mol. The van der Waals surface area contributed by atoms with Gasteiger partial charge in [0.15, 0.2) is 0 Å². The maximum absolute atomic E-state index is 14.3. The SMILES string of the molecule is O=S(=O)(c1ccc2c(c1)CCC2)N1CCCc2cccc(F)c21. The van der Waals surface area contributed by atoms with E-state index in [0.717, 1.165) is 30.4 Å². The van der Waals surface area contributed by atoms with Crippen LogP contribution in [0.5, 0.6) is 0 Å². The van der Waals surface area contributed by atoms with Gasteiger partial charge in [-0.3, -0.25) is 4.31 Å². The van der Waals surface area contributed by atoms with E-state index in [4.69, 9.17) is 0 Å². The second-order valence-corrected chi connectivity index (χ2v) is 8.07. The number of rotatable bonds is 2. The van der Waals surface area contributed by atoms with Gasteiger partial charge in [0.2, 0.25) is 0 Å². The molecule has 0 unspecified atom stereocenters. The van der Waals surface area contributed by atoms with E-state index in [1.807, 2.05) is 12.1 Å². The summed E-state index contributed by atoms with van der Waals surface area (Å²) >= 11 is 0. The highest BCUT2D eigenvalue weighted by Crippen LogP contribution is 2.35. The van der Waals surface area contributed by atoms with Crippen molar-refractivity contribution in [1.82, 2.24) is 0 Å². The standard InChI is InChI=1S/C18H18FNO2S/c19-17-8-2-5-14-7-3-11-20(18(14)17)23(21,22)16-10-9-13-4-1-6-15(13)12-16/h2,5,8-10,12H,1,3-4,6-7,11H2. The first-order valence-corrected chi connectivity index (χ1v) is 9.43. The molecule has 23 heavy (non-hydrogen) atoms. The Hall–Kier alpha value is -1.88. The summed E-state index contributed by atoms with van der Waals surface area (Å²) in [6.45, 7) is 0.327. The van der Waals surface area contributed by atoms with Gasteiger partial charge in [-0.15, -0.1) is 0 Å². The van der Waals surface area contributed by atoms with Crippen LogP contribution in [0, 0.1) is 5.82 Å². The molecule has 0 aromatic heterocycles. The number of sulfonamides is 1. The summed E-state index contributed by atoms with van der Waals surface area (Å²) in [7, 11) is -3.73. The predicted octanol–water partition coefficient (Wildman–Crippen LogP) is 3.46. The quantitative estimate of drug-likeness (QED) is 0.845. The molecular weight excluding hydrogens is 313 g/mol. The molecule has 1 aliphatic carbocycles. The number of para-hydroxylation sites is 1. The Morgan fingerprint density at radius 2 is 1.70 bits per heavy atom. The van der Waals surface area contributed by atoms with Crippen LogP contribution in [-0.2, 0) is 29.3 Å². The molecule has 0 saturated heterocycles. The Bertz CT molecular complexity index is 877. The number of hydrogen-bond donors (Lipinski definition) is 0. The second kappa shape index (κ2) is 5.34. The Morgan fingerprint density at radius 3 is 2.57 bits per heavy atom. The van der Waals surface area contributed by atoms with Crippen molar-refractivity contribution in [3.63, 3.8) is 0 Å². The minimum absolute atomic E-state index is 0.222. The Kier molecular flexibility index (Phi) is 3.41. The van der Waals surface area contributed by atoms with Gasteiger partial charge in [-0.25, -0.2) is 12.8 Å². The van der Waals surface area contributed by atoms with Crippen LogP contribution < -0.4 is 4.31 Å². The summed E-state index contributed by atoms with van der Waals surface area (Å²) in [5.74, 6) is -0.466. The highest BCUT2D eigenvalue weighted by molar-refractivity contribution is 7.92. The molecule has 0 bridgehead atoms. The van der Waals surface area contributed by atoms with E-state index < -0.39 is 15.8 Å². The van der Waals surface area contributed by atoms with Gasteiger partial charge in [-0.2, -0.15) is 0 Å². The molecular formula is C18H18FNO2S. The van der Waals surface area contributed by atoms with Gasteiger partial charge in [0, 0.05) is 6.54 Å². The lowest BCUT2D eigenvalue weighted by molar-refractivity contribution is 0.577. The molecule has 1 heterocycles. The summed E-state index contributed by atoms with van der Waals surface area (Å²) in [4.78, 5) is 0.272.